The van der Waals surface area contributed by atoms with Gasteiger partial charge in [-0.15, -0.1) is 22.7 Å². The summed E-state index contributed by atoms with van der Waals surface area (Å²) < 4.78 is 5.41. The van der Waals surface area contributed by atoms with E-state index in [0.717, 1.165) is 9.75 Å². The van der Waals surface area contributed by atoms with Crippen molar-refractivity contribution in [2.24, 2.45) is 0 Å². The largest absolute Gasteiger partial charge is 0.415 e. The molecule has 112 valence electrons. The van der Waals surface area contributed by atoms with Gasteiger partial charge in [0.05, 0.1) is 19.3 Å². The fourth-order valence-electron chi connectivity index (χ4n) is 1.94. The Labute approximate surface area is 136 Å². The van der Waals surface area contributed by atoms with Gasteiger partial charge < -0.3 is 4.74 Å². The molecule has 3 heterocycles. The molecule has 0 saturated heterocycles. The maximum atomic E-state index is 12.5. The number of pyridine rings is 1. The zero-order chi connectivity index (χ0) is 15.2. The fraction of sp³-hybridized carbons (Fsp3) is 0.125. The van der Waals surface area contributed by atoms with Crippen molar-refractivity contribution in [2.75, 3.05) is 0 Å². The summed E-state index contributed by atoms with van der Waals surface area (Å²) in [7, 11) is 0. The minimum absolute atomic E-state index is 0.366. The third kappa shape index (κ3) is 3.93. The first-order valence-corrected chi connectivity index (χ1v) is 8.49. The summed E-state index contributed by atoms with van der Waals surface area (Å²) in [6, 6.07) is 11.5. The molecule has 0 aliphatic rings. The molecule has 0 N–H and O–H groups in total. The van der Waals surface area contributed by atoms with Gasteiger partial charge in [0.15, 0.2) is 5.75 Å². The van der Waals surface area contributed by atoms with Gasteiger partial charge in [-0.3, -0.25) is 9.88 Å². The molecule has 22 heavy (non-hydrogen) atoms. The van der Waals surface area contributed by atoms with Crippen molar-refractivity contribution >= 4 is 28.8 Å². The maximum absolute atomic E-state index is 12.5. The fourth-order valence-corrected chi connectivity index (χ4v) is 3.38. The molecule has 0 fully saturated rings. The number of rotatable bonds is 5. The van der Waals surface area contributed by atoms with E-state index < -0.39 is 0 Å². The van der Waals surface area contributed by atoms with E-state index in [0.29, 0.717) is 18.8 Å². The molecule has 0 radical (unpaired) electrons. The molecule has 0 saturated carbocycles. The number of carbonyl (C=O) groups is 1. The van der Waals surface area contributed by atoms with E-state index in [1.165, 1.54) is 6.20 Å². The smallest absolute Gasteiger partial charge is 0.409 e. The van der Waals surface area contributed by atoms with Crippen LogP contribution in [0.4, 0.5) is 4.79 Å². The molecule has 4 nitrogen and oxygen atoms in total. The van der Waals surface area contributed by atoms with Gasteiger partial charge in [-0.05, 0) is 35.0 Å². The number of nitrogens with zero attached hydrogens (tertiary/aromatic N) is 2. The minimum Gasteiger partial charge on any atom is -0.409 e. The zero-order valence-electron chi connectivity index (χ0n) is 11.7. The lowest BCUT2D eigenvalue weighted by molar-refractivity contribution is 0.147. The first-order chi connectivity index (χ1) is 10.8. The van der Waals surface area contributed by atoms with Gasteiger partial charge >= 0.3 is 6.09 Å². The number of hydrogen-bond acceptors (Lipinski definition) is 5. The first-order valence-electron chi connectivity index (χ1n) is 6.73. The molecule has 0 aromatic carbocycles. The Bertz CT molecular complexity index is 661. The predicted octanol–water partition coefficient (Wildman–Crippen LogP) is 4.41. The molecule has 0 atom stereocenters. The maximum Gasteiger partial charge on any atom is 0.415 e. The summed E-state index contributed by atoms with van der Waals surface area (Å²) in [5.41, 5.74) is 0. The molecule has 6 heteroatoms. The van der Waals surface area contributed by atoms with Crippen molar-refractivity contribution in [3.63, 3.8) is 0 Å². The number of carbonyl (C=O) groups excluding carboxylic acids is 1. The van der Waals surface area contributed by atoms with E-state index in [4.69, 9.17) is 4.74 Å². The van der Waals surface area contributed by atoms with Crippen LogP contribution < -0.4 is 4.74 Å². The van der Waals surface area contributed by atoms with E-state index >= 15 is 0 Å². The highest BCUT2D eigenvalue weighted by Crippen LogP contribution is 2.19. The number of amides is 1. The van der Waals surface area contributed by atoms with Crippen molar-refractivity contribution < 1.29 is 9.53 Å². The second kappa shape index (κ2) is 7.20. The lowest BCUT2D eigenvalue weighted by Crippen LogP contribution is -2.32. The summed E-state index contributed by atoms with van der Waals surface area (Å²) in [5.74, 6) is 0.454. The highest BCUT2D eigenvalue weighted by atomic mass is 32.1. The molecule has 3 aromatic rings. The number of hydrogen-bond donors (Lipinski definition) is 0. The molecule has 3 rings (SSSR count). The monoisotopic (exact) mass is 330 g/mol. The van der Waals surface area contributed by atoms with Crippen LogP contribution in [-0.2, 0) is 13.1 Å². The average Bonchev–Trinajstić information content (AvgIpc) is 3.21. The van der Waals surface area contributed by atoms with Crippen LogP contribution in [0, 0.1) is 0 Å². The van der Waals surface area contributed by atoms with E-state index in [1.807, 2.05) is 35.0 Å². The lowest BCUT2D eigenvalue weighted by atomic mass is 10.4. The van der Waals surface area contributed by atoms with Gasteiger partial charge in [-0.1, -0.05) is 12.1 Å². The molecule has 0 spiro atoms. The summed E-state index contributed by atoms with van der Waals surface area (Å²) in [6.07, 6.45) is 2.81. The molecule has 1 amide bonds. The molecule has 0 aliphatic carbocycles. The second-order valence-electron chi connectivity index (χ2n) is 4.57. The van der Waals surface area contributed by atoms with Gasteiger partial charge in [0.2, 0.25) is 0 Å². The Morgan fingerprint density at radius 2 is 1.73 bits per heavy atom. The van der Waals surface area contributed by atoms with Crippen LogP contribution in [0.2, 0.25) is 0 Å². The molecule has 3 aromatic heterocycles. The Morgan fingerprint density at radius 1 is 1.05 bits per heavy atom. The predicted molar refractivity (Wildman–Crippen MR) is 88.1 cm³/mol. The highest BCUT2D eigenvalue weighted by molar-refractivity contribution is 7.10. The molecular weight excluding hydrogens is 316 g/mol. The van der Waals surface area contributed by atoms with Crippen molar-refractivity contribution in [2.45, 2.75) is 13.1 Å². The second-order valence-corrected chi connectivity index (χ2v) is 6.64. The van der Waals surface area contributed by atoms with E-state index in [9.17, 15) is 4.79 Å². The Hall–Kier alpha value is -2.18. The third-order valence-corrected chi connectivity index (χ3v) is 4.67. The van der Waals surface area contributed by atoms with Crippen molar-refractivity contribution in [3.8, 4) is 5.75 Å². The normalized spacial score (nSPS) is 10.4. The summed E-state index contributed by atoms with van der Waals surface area (Å²) in [6.45, 7) is 1.07. The first kappa shape index (κ1) is 14.7. The molecule has 0 unspecified atom stereocenters. The van der Waals surface area contributed by atoms with Crippen LogP contribution in [0.5, 0.6) is 5.75 Å². The number of aromatic nitrogens is 1. The van der Waals surface area contributed by atoms with Crippen molar-refractivity contribution in [1.29, 1.82) is 0 Å². The Balaban J connectivity index is 1.73. The summed E-state index contributed by atoms with van der Waals surface area (Å²) in [5, 5.41) is 4.01. The van der Waals surface area contributed by atoms with Crippen molar-refractivity contribution in [3.05, 3.63) is 69.3 Å². The minimum atomic E-state index is -0.366. The van der Waals surface area contributed by atoms with Gasteiger partial charge in [-0.2, -0.15) is 0 Å². The van der Waals surface area contributed by atoms with Crippen LogP contribution in [0.1, 0.15) is 9.75 Å². The summed E-state index contributed by atoms with van der Waals surface area (Å²) in [4.78, 5) is 20.4. The van der Waals surface area contributed by atoms with Gasteiger partial charge in [0.1, 0.15) is 0 Å². The van der Waals surface area contributed by atoms with Crippen LogP contribution in [0.3, 0.4) is 0 Å². The van der Waals surface area contributed by atoms with E-state index in [-0.39, 0.29) is 6.09 Å². The van der Waals surface area contributed by atoms with Crippen LogP contribution >= 0.6 is 22.7 Å². The van der Waals surface area contributed by atoms with Crippen LogP contribution in [0.25, 0.3) is 0 Å². The van der Waals surface area contributed by atoms with Crippen LogP contribution in [-0.4, -0.2) is 16.0 Å². The van der Waals surface area contributed by atoms with E-state index in [2.05, 4.69) is 4.98 Å². The van der Waals surface area contributed by atoms with Crippen molar-refractivity contribution in [1.82, 2.24) is 9.88 Å². The summed E-state index contributed by atoms with van der Waals surface area (Å²) >= 11 is 3.26. The average molecular weight is 330 g/mol. The standard InChI is InChI=1S/C16H14N2O2S2/c19-16(20-13-4-1-7-17-10-13)18(11-14-5-2-8-21-14)12-15-6-3-9-22-15/h1-10H,11-12H2. The lowest BCUT2D eigenvalue weighted by Gasteiger charge is -2.20. The number of thiophene rings is 2. The third-order valence-electron chi connectivity index (χ3n) is 2.95. The SMILES string of the molecule is O=C(Oc1cccnc1)N(Cc1cccs1)Cc1cccs1. The highest BCUT2D eigenvalue weighted by Gasteiger charge is 2.18. The van der Waals surface area contributed by atoms with Gasteiger partial charge in [-0.25, -0.2) is 4.79 Å². The van der Waals surface area contributed by atoms with Gasteiger partial charge in [0.25, 0.3) is 0 Å². The van der Waals surface area contributed by atoms with Crippen LogP contribution in [0.15, 0.2) is 59.6 Å². The van der Waals surface area contributed by atoms with Gasteiger partial charge in [0, 0.05) is 16.0 Å². The number of ether oxygens (including phenoxy) is 1. The molecular formula is C16H14N2O2S2. The Kier molecular flexibility index (Phi) is 4.82. The topological polar surface area (TPSA) is 42.4 Å². The molecule has 0 aliphatic heterocycles. The van der Waals surface area contributed by atoms with E-state index in [1.54, 1.807) is 45.9 Å². The quantitative estimate of drug-likeness (QED) is 0.696. The molecule has 0 bridgehead atoms. The zero-order valence-corrected chi connectivity index (χ0v) is 13.3. The Morgan fingerprint density at radius 3 is 2.23 bits per heavy atom.